The highest BCUT2D eigenvalue weighted by Crippen LogP contribution is 2.20. The first-order valence-corrected chi connectivity index (χ1v) is 4.99. The van der Waals surface area contributed by atoms with Crippen LogP contribution in [0.1, 0.15) is 13.8 Å². The van der Waals surface area contributed by atoms with Gasteiger partial charge in [0.2, 0.25) is 11.2 Å². The van der Waals surface area contributed by atoms with Crippen LogP contribution >= 0.6 is 11.6 Å². The Morgan fingerprint density at radius 3 is 2.35 bits per heavy atom. The number of H-pyrrole nitrogens is 1. The van der Waals surface area contributed by atoms with Gasteiger partial charge in [0.1, 0.15) is 5.54 Å². The second kappa shape index (κ2) is 3.52. The Morgan fingerprint density at radius 2 is 1.88 bits per heavy atom. The summed E-state index contributed by atoms with van der Waals surface area (Å²) < 4.78 is 0. The lowest BCUT2D eigenvalue weighted by atomic mass is 10.1. The van der Waals surface area contributed by atoms with Crippen molar-refractivity contribution >= 4 is 29.5 Å². The number of hydrogen-bond acceptors (Lipinski definition) is 5. The fourth-order valence-electron chi connectivity index (χ4n) is 1.38. The number of urea groups is 1. The molecule has 1 aromatic heterocycles. The summed E-state index contributed by atoms with van der Waals surface area (Å²) in [6, 6.07) is -0.693. The van der Waals surface area contributed by atoms with E-state index < -0.39 is 23.2 Å². The average Bonchev–Trinajstić information content (AvgIpc) is 2.34. The number of carbonyl (C=O) groups is 2. The molecule has 0 radical (unpaired) electrons. The van der Waals surface area contributed by atoms with Crippen LogP contribution < -0.4 is 15.9 Å². The van der Waals surface area contributed by atoms with Gasteiger partial charge < -0.3 is 5.32 Å². The van der Waals surface area contributed by atoms with Crippen LogP contribution in [0, 0.1) is 0 Å². The molecule has 17 heavy (non-hydrogen) atoms. The highest BCUT2D eigenvalue weighted by molar-refractivity contribution is 6.28. The first kappa shape index (κ1) is 11.5. The Hall–Kier alpha value is -1.96. The number of anilines is 1. The predicted octanol–water partition coefficient (Wildman–Crippen LogP) is -0.347. The summed E-state index contributed by atoms with van der Waals surface area (Å²) in [6.07, 6.45) is 0. The zero-order valence-corrected chi connectivity index (χ0v) is 9.70. The lowest BCUT2D eigenvalue weighted by Crippen LogP contribution is -2.40. The molecule has 2 heterocycles. The van der Waals surface area contributed by atoms with E-state index >= 15 is 0 Å². The fourth-order valence-corrected chi connectivity index (χ4v) is 1.53. The van der Waals surface area contributed by atoms with E-state index in [4.69, 9.17) is 11.6 Å². The molecule has 0 unspecified atom stereocenters. The molecule has 3 amide bonds. The number of amides is 3. The Labute approximate surface area is 100 Å². The van der Waals surface area contributed by atoms with Gasteiger partial charge in [-0.05, 0) is 25.4 Å². The van der Waals surface area contributed by atoms with Gasteiger partial charge in [0.15, 0.2) is 0 Å². The summed E-state index contributed by atoms with van der Waals surface area (Å²) in [4.78, 5) is 44.4. The second-order valence-electron chi connectivity index (χ2n) is 3.94. The molecule has 1 aromatic rings. The third-order valence-corrected chi connectivity index (χ3v) is 2.35. The van der Waals surface area contributed by atoms with Crippen LogP contribution in [0.15, 0.2) is 4.79 Å². The van der Waals surface area contributed by atoms with E-state index in [2.05, 4.69) is 20.3 Å². The van der Waals surface area contributed by atoms with E-state index in [9.17, 15) is 14.4 Å². The number of aromatic nitrogens is 3. The van der Waals surface area contributed by atoms with Crippen LogP contribution in [0.3, 0.4) is 0 Å². The highest BCUT2D eigenvalue weighted by Gasteiger charge is 2.46. The molecule has 9 heteroatoms. The van der Waals surface area contributed by atoms with Crippen LogP contribution in [0.25, 0.3) is 0 Å². The quantitative estimate of drug-likeness (QED) is 0.669. The number of halogens is 1. The van der Waals surface area contributed by atoms with E-state index in [0.717, 1.165) is 0 Å². The molecule has 1 fully saturated rings. The molecular weight excluding hydrogens is 250 g/mol. The van der Waals surface area contributed by atoms with Gasteiger partial charge in [0.05, 0.1) is 0 Å². The van der Waals surface area contributed by atoms with Crippen LogP contribution in [-0.2, 0) is 4.79 Å². The number of nitrogens with zero attached hydrogens (tertiary/aromatic N) is 3. The molecule has 2 rings (SSSR count). The van der Waals surface area contributed by atoms with Crippen molar-refractivity contribution in [3.63, 3.8) is 0 Å². The second-order valence-corrected chi connectivity index (χ2v) is 4.30. The van der Waals surface area contributed by atoms with E-state index in [-0.39, 0.29) is 11.2 Å². The third kappa shape index (κ3) is 1.86. The molecule has 1 saturated heterocycles. The Kier molecular flexibility index (Phi) is 2.39. The number of carbonyl (C=O) groups excluding carboxylic acids is 2. The lowest BCUT2D eigenvalue weighted by molar-refractivity contribution is -0.121. The maximum atomic E-state index is 11.9. The van der Waals surface area contributed by atoms with Crippen molar-refractivity contribution in [1.82, 2.24) is 20.3 Å². The summed E-state index contributed by atoms with van der Waals surface area (Å²) in [6.45, 7) is 3.06. The molecule has 1 aliphatic heterocycles. The number of aromatic amines is 1. The van der Waals surface area contributed by atoms with E-state index in [1.807, 2.05) is 0 Å². The van der Waals surface area contributed by atoms with E-state index in [1.165, 1.54) is 13.8 Å². The van der Waals surface area contributed by atoms with Crippen molar-refractivity contribution in [3.05, 3.63) is 15.8 Å². The zero-order chi connectivity index (χ0) is 12.8. The SMILES string of the molecule is CC1(C)NC(=O)N(c2nc(Cl)[nH]c(=O)n2)C1=O. The molecular formula is C8H8ClN5O3. The minimum absolute atomic E-state index is 0.245. The van der Waals surface area contributed by atoms with Gasteiger partial charge in [-0.25, -0.2) is 9.59 Å². The minimum atomic E-state index is -1.06. The number of rotatable bonds is 1. The van der Waals surface area contributed by atoms with Gasteiger partial charge in [-0.3, -0.25) is 9.78 Å². The fraction of sp³-hybridized carbons (Fsp3) is 0.375. The van der Waals surface area contributed by atoms with Crippen LogP contribution in [-0.4, -0.2) is 32.4 Å². The molecule has 0 atom stereocenters. The molecule has 0 aromatic carbocycles. The first-order valence-electron chi connectivity index (χ1n) is 4.62. The maximum absolute atomic E-state index is 11.9. The monoisotopic (exact) mass is 257 g/mol. The van der Waals surface area contributed by atoms with Gasteiger partial charge in [-0.1, -0.05) is 0 Å². The van der Waals surface area contributed by atoms with Gasteiger partial charge in [-0.2, -0.15) is 14.9 Å². The smallest absolute Gasteiger partial charge is 0.323 e. The summed E-state index contributed by atoms with van der Waals surface area (Å²) >= 11 is 5.52. The summed E-state index contributed by atoms with van der Waals surface area (Å²) in [5.74, 6) is -0.893. The Bertz CT molecular complexity index is 567. The molecule has 0 aliphatic carbocycles. The average molecular weight is 258 g/mol. The Morgan fingerprint density at radius 1 is 1.24 bits per heavy atom. The molecule has 0 spiro atoms. The minimum Gasteiger partial charge on any atom is -0.323 e. The van der Waals surface area contributed by atoms with E-state index in [0.29, 0.717) is 4.90 Å². The van der Waals surface area contributed by atoms with Gasteiger partial charge in [0, 0.05) is 0 Å². The van der Waals surface area contributed by atoms with Crippen molar-refractivity contribution in [3.8, 4) is 0 Å². The number of imide groups is 1. The highest BCUT2D eigenvalue weighted by atomic mass is 35.5. The number of hydrogen-bond donors (Lipinski definition) is 2. The van der Waals surface area contributed by atoms with Crippen molar-refractivity contribution in [2.24, 2.45) is 0 Å². The van der Waals surface area contributed by atoms with Crippen LogP contribution in [0.2, 0.25) is 5.28 Å². The third-order valence-electron chi connectivity index (χ3n) is 2.17. The van der Waals surface area contributed by atoms with Crippen molar-refractivity contribution in [2.45, 2.75) is 19.4 Å². The first-order chi connectivity index (χ1) is 7.81. The molecule has 0 saturated carbocycles. The van der Waals surface area contributed by atoms with Crippen molar-refractivity contribution < 1.29 is 9.59 Å². The van der Waals surface area contributed by atoms with Crippen molar-refractivity contribution in [1.29, 1.82) is 0 Å². The Balaban J connectivity index is 2.51. The van der Waals surface area contributed by atoms with Gasteiger partial charge in [0.25, 0.3) is 5.91 Å². The predicted molar refractivity (Wildman–Crippen MR) is 57.8 cm³/mol. The summed E-state index contributed by atoms with van der Waals surface area (Å²) in [5.41, 5.74) is -1.85. The summed E-state index contributed by atoms with van der Waals surface area (Å²) in [5, 5.41) is 2.19. The molecule has 8 nitrogen and oxygen atoms in total. The molecule has 1 aliphatic rings. The molecule has 0 bridgehead atoms. The zero-order valence-electron chi connectivity index (χ0n) is 8.94. The molecule has 90 valence electrons. The molecule has 2 N–H and O–H groups in total. The van der Waals surface area contributed by atoms with E-state index in [1.54, 1.807) is 0 Å². The van der Waals surface area contributed by atoms with Crippen LogP contribution in [0.4, 0.5) is 10.7 Å². The number of nitrogens with one attached hydrogen (secondary N) is 2. The summed E-state index contributed by atoms with van der Waals surface area (Å²) in [7, 11) is 0. The maximum Gasteiger partial charge on any atom is 0.350 e. The van der Waals surface area contributed by atoms with Gasteiger partial charge in [-0.15, -0.1) is 0 Å². The van der Waals surface area contributed by atoms with Crippen LogP contribution in [0.5, 0.6) is 0 Å². The topological polar surface area (TPSA) is 108 Å². The van der Waals surface area contributed by atoms with Gasteiger partial charge >= 0.3 is 11.7 Å². The standard InChI is InChI=1S/C8H8ClN5O3/c1-8(2)3(15)14(7(17)13-8)5-10-4(9)11-6(16)12-5/h1-2H3,(H,13,17)(H,10,11,12,16). The van der Waals surface area contributed by atoms with Crippen molar-refractivity contribution in [2.75, 3.05) is 4.90 Å². The largest absolute Gasteiger partial charge is 0.350 e. The lowest BCUT2D eigenvalue weighted by Gasteiger charge is -2.14. The normalized spacial score (nSPS) is 18.4.